The van der Waals surface area contributed by atoms with Crippen LogP contribution in [0.3, 0.4) is 0 Å². The maximum atomic E-state index is 12.9. The topological polar surface area (TPSA) is 46.3 Å². The molecule has 1 amide bonds. The molecule has 0 aliphatic rings. The molecule has 0 aromatic heterocycles. The summed E-state index contributed by atoms with van der Waals surface area (Å²) in [5, 5.41) is 0. The Hall–Kier alpha value is -1.81. The predicted octanol–water partition coefficient (Wildman–Crippen LogP) is 4.40. The van der Waals surface area contributed by atoms with Crippen molar-refractivity contribution in [3.05, 3.63) is 58.1 Å². The molecule has 0 atom stereocenters. The molecule has 0 aliphatic carbocycles. The molecule has 4 heteroatoms. The van der Waals surface area contributed by atoms with Crippen molar-refractivity contribution in [3.63, 3.8) is 0 Å². The minimum absolute atomic E-state index is 0.0157. The third-order valence-electron chi connectivity index (χ3n) is 3.23. The maximum Gasteiger partial charge on any atom is 0.259 e. The second-order valence-electron chi connectivity index (χ2n) is 5.04. The number of nitrogens with zero attached hydrogens (tertiary/aromatic N) is 1. The molecule has 0 bridgehead atoms. The average molecular weight is 347 g/mol. The van der Waals surface area contributed by atoms with Gasteiger partial charge in [-0.15, -0.1) is 0 Å². The maximum absolute atomic E-state index is 12.9. The van der Waals surface area contributed by atoms with Crippen LogP contribution in [-0.4, -0.2) is 12.5 Å². The molecule has 0 unspecified atom stereocenters. The molecule has 0 spiro atoms. The van der Waals surface area contributed by atoms with Crippen LogP contribution in [0.25, 0.3) is 0 Å². The normalized spacial score (nSPS) is 10.4. The van der Waals surface area contributed by atoms with Crippen LogP contribution < -0.4 is 10.6 Å². The fourth-order valence-electron chi connectivity index (χ4n) is 2.21. The molecule has 0 radical (unpaired) electrons. The van der Waals surface area contributed by atoms with Gasteiger partial charge in [-0.1, -0.05) is 24.6 Å². The fraction of sp³-hybridized carbons (Fsp3) is 0.235. The molecule has 0 aliphatic heterocycles. The van der Waals surface area contributed by atoms with Crippen molar-refractivity contribution in [2.24, 2.45) is 0 Å². The Morgan fingerprint density at radius 1 is 1.24 bits per heavy atom. The molecule has 2 aromatic carbocycles. The van der Waals surface area contributed by atoms with E-state index < -0.39 is 0 Å². The number of amides is 1. The van der Waals surface area contributed by atoms with Crippen molar-refractivity contribution >= 4 is 33.2 Å². The van der Waals surface area contributed by atoms with Crippen molar-refractivity contribution in [2.45, 2.75) is 20.3 Å². The third kappa shape index (κ3) is 3.64. The first kappa shape index (κ1) is 15.6. The van der Waals surface area contributed by atoms with E-state index in [1.54, 1.807) is 4.90 Å². The van der Waals surface area contributed by atoms with Gasteiger partial charge in [0.1, 0.15) is 0 Å². The van der Waals surface area contributed by atoms with Crippen LogP contribution in [0, 0.1) is 6.92 Å². The predicted molar refractivity (Wildman–Crippen MR) is 91.7 cm³/mol. The van der Waals surface area contributed by atoms with Gasteiger partial charge in [-0.25, -0.2) is 0 Å². The Morgan fingerprint density at radius 3 is 2.67 bits per heavy atom. The number of carbonyl (C=O) groups excluding carboxylic acids is 1. The highest BCUT2D eigenvalue weighted by atomic mass is 79.9. The average Bonchev–Trinajstić information content (AvgIpc) is 2.46. The number of benzene rings is 2. The molecule has 0 heterocycles. The molecular formula is C17H19BrN2O. The van der Waals surface area contributed by atoms with Crippen LogP contribution in [0.15, 0.2) is 46.9 Å². The van der Waals surface area contributed by atoms with E-state index in [1.807, 2.05) is 49.4 Å². The summed E-state index contributed by atoms with van der Waals surface area (Å²) in [4.78, 5) is 14.6. The molecule has 2 aromatic rings. The fourth-order valence-corrected chi connectivity index (χ4v) is 2.63. The van der Waals surface area contributed by atoms with Gasteiger partial charge in [0.15, 0.2) is 0 Å². The number of carbonyl (C=O) groups is 1. The van der Waals surface area contributed by atoms with E-state index >= 15 is 0 Å². The van der Waals surface area contributed by atoms with E-state index in [2.05, 4.69) is 22.9 Å². The Balaban J connectivity index is 2.42. The van der Waals surface area contributed by atoms with Crippen LogP contribution >= 0.6 is 15.9 Å². The number of nitrogens with two attached hydrogens (primary N) is 1. The molecule has 2 rings (SSSR count). The highest BCUT2D eigenvalue weighted by molar-refractivity contribution is 9.10. The summed E-state index contributed by atoms with van der Waals surface area (Å²) in [6.07, 6.45) is 0.879. The molecular weight excluding hydrogens is 328 g/mol. The van der Waals surface area contributed by atoms with E-state index in [0.29, 0.717) is 17.8 Å². The molecule has 110 valence electrons. The number of anilines is 2. The molecule has 3 nitrogen and oxygen atoms in total. The van der Waals surface area contributed by atoms with Crippen LogP contribution in [-0.2, 0) is 0 Å². The van der Waals surface area contributed by atoms with Gasteiger partial charge < -0.3 is 10.6 Å². The molecule has 2 N–H and O–H groups in total. The van der Waals surface area contributed by atoms with Crippen molar-refractivity contribution in [1.82, 2.24) is 0 Å². The van der Waals surface area contributed by atoms with Gasteiger partial charge >= 0.3 is 0 Å². The zero-order valence-electron chi connectivity index (χ0n) is 12.3. The number of aryl methyl sites for hydroxylation is 1. The van der Waals surface area contributed by atoms with Crippen LogP contribution in [0.4, 0.5) is 11.4 Å². The number of halogens is 1. The summed E-state index contributed by atoms with van der Waals surface area (Å²) in [7, 11) is 0. The second-order valence-corrected chi connectivity index (χ2v) is 5.89. The lowest BCUT2D eigenvalue weighted by Crippen LogP contribution is -2.32. The SMILES string of the molecule is CCCN(C(=O)c1cc(C)ccc1Br)c1cccc(N)c1. The van der Waals surface area contributed by atoms with Crippen molar-refractivity contribution in [2.75, 3.05) is 17.2 Å². The van der Waals surface area contributed by atoms with Gasteiger partial charge in [0.05, 0.1) is 5.56 Å². The smallest absolute Gasteiger partial charge is 0.259 e. The van der Waals surface area contributed by atoms with E-state index in [-0.39, 0.29) is 5.91 Å². The summed E-state index contributed by atoms with van der Waals surface area (Å²) < 4.78 is 0.808. The van der Waals surface area contributed by atoms with Gasteiger partial charge in [-0.05, 0) is 59.6 Å². The van der Waals surface area contributed by atoms with Crippen LogP contribution in [0.5, 0.6) is 0 Å². The quantitative estimate of drug-likeness (QED) is 0.834. The van der Waals surface area contributed by atoms with E-state index in [4.69, 9.17) is 5.73 Å². The van der Waals surface area contributed by atoms with Gasteiger partial charge in [-0.2, -0.15) is 0 Å². The number of hydrogen-bond acceptors (Lipinski definition) is 2. The third-order valence-corrected chi connectivity index (χ3v) is 3.92. The number of rotatable bonds is 4. The van der Waals surface area contributed by atoms with Crippen molar-refractivity contribution < 1.29 is 4.79 Å². The highest BCUT2D eigenvalue weighted by Gasteiger charge is 2.19. The van der Waals surface area contributed by atoms with Gasteiger partial charge in [0.25, 0.3) is 5.91 Å². The van der Waals surface area contributed by atoms with Crippen LogP contribution in [0.1, 0.15) is 29.3 Å². The Morgan fingerprint density at radius 2 is 2.00 bits per heavy atom. The van der Waals surface area contributed by atoms with Gasteiger partial charge in [0.2, 0.25) is 0 Å². The van der Waals surface area contributed by atoms with Gasteiger partial charge in [-0.3, -0.25) is 4.79 Å². The number of hydrogen-bond donors (Lipinski definition) is 1. The summed E-state index contributed by atoms with van der Waals surface area (Å²) >= 11 is 3.47. The van der Waals surface area contributed by atoms with E-state index in [9.17, 15) is 4.79 Å². The Labute approximate surface area is 133 Å². The largest absolute Gasteiger partial charge is 0.399 e. The summed E-state index contributed by atoms with van der Waals surface area (Å²) in [6, 6.07) is 13.2. The lowest BCUT2D eigenvalue weighted by Gasteiger charge is -2.23. The monoisotopic (exact) mass is 346 g/mol. The minimum Gasteiger partial charge on any atom is -0.399 e. The summed E-state index contributed by atoms with van der Waals surface area (Å²) in [5.74, 6) is -0.0157. The van der Waals surface area contributed by atoms with Gasteiger partial charge in [0, 0.05) is 22.4 Å². The molecule has 0 saturated carbocycles. The van der Waals surface area contributed by atoms with E-state index in [0.717, 1.165) is 22.1 Å². The first-order valence-corrected chi connectivity index (χ1v) is 7.75. The lowest BCUT2D eigenvalue weighted by atomic mass is 10.1. The summed E-state index contributed by atoms with van der Waals surface area (Å²) in [5.41, 5.74) is 9.06. The zero-order valence-corrected chi connectivity index (χ0v) is 13.9. The first-order chi connectivity index (χ1) is 10.0. The van der Waals surface area contributed by atoms with Crippen LogP contribution in [0.2, 0.25) is 0 Å². The summed E-state index contributed by atoms with van der Waals surface area (Å²) in [6.45, 7) is 4.69. The Kier molecular flexibility index (Phi) is 5.02. The van der Waals surface area contributed by atoms with Crippen molar-refractivity contribution in [3.8, 4) is 0 Å². The number of nitrogen functional groups attached to an aromatic ring is 1. The lowest BCUT2D eigenvalue weighted by molar-refractivity contribution is 0.0986. The second kappa shape index (κ2) is 6.76. The minimum atomic E-state index is -0.0157. The molecule has 0 saturated heterocycles. The van der Waals surface area contributed by atoms with Crippen molar-refractivity contribution in [1.29, 1.82) is 0 Å². The molecule has 21 heavy (non-hydrogen) atoms. The first-order valence-electron chi connectivity index (χ1n) is 6.96. The standard InChI is InChI=1S/C17H19BrN2O/c1-3-9-20(14-6-4-5-13(19)11-14)17(21)15-10-12(2)7-8-16(15)18/h4-8,10-11H,3,9,19H2,1-2H3. The Bertz CT molecular complexity index is 655. The van der Waals surface area contributed by atoms with E-state index in [1.165, 1.54) is 0 Å². The molecule has 0 fully saturated rings. The zero-order chi connectivity index (χ0) is 15.4. The highest BCUT2D eigenvalue weighted by Crippen LogP contribution is 2.24.